The van der Waals surface area contributed by atoms with E-state index in [0.29, 0.717) is 5.92 Å². The van der Waals surface area contributed by atoms with E-state index >= 15 is 0 Å². The topological polar surface area (TPSA) is 12.9 Å². The molecule has 1 heteroatoms. The number of benzene rings is 3. The summed E-state index contributed by atoms with van der Waals surface area (Å²) in [5.74, 6) is 0.592. The number of fused-ring (bicyclic) bond motifs is 6. The fraction of sp³-hybridized carbons (Fsp3) is 0.103. The van der Waals surface area contributed by atoms with Crippen molar-refractivity contribution in [1.82, 2.24) is 4.98 Å². The van der Waals surface area contributed by atoms with Crippen molar-refractivity contribution in [2.24, 2.45) is 5.92 Å². The number of pyridine rings is 1. The second kappa shape index (κ2) is 8.89. The van der Waals surface area contributed by atoms with E-state index in [9.17, 15) is 0 Å². The molecule has 4 aliphatic carbocycles. The van der Waals surface area contributed by atoms with Crippen LogP contribution in [0.1, 0.15) is 36.0 Å². The average Bonchev–Trinajstić information content (AvgIpc) is 3.13. The van der Waals surface area contributed by atoms with Crippen LogP contribution in [0.15, 0.2) is 151 Å². The van der Waals surface area contributed by atoms with Gasteiger partial charge in [0, 0.05) is 29.6 Å². The largest absolute Gasteiger partial charge is 0.264 e. The number of hydrogen-bond donors (Lipinski definition) is 0. The van der Waals surface area contributed by atoms with Crippen LogP contribution in [-0.4, -0.2) is 4.98 Å². The van der Waals surface area contributed by atoms with E-state index in [2.05, 4.69) is 121 Å². The van der Waals surface area contributed by atoms with Crippen molar-refractivity contribution >= 4 is 16.3 Å². The molecule has 0 N–H and O–H groups in total. The van der Waals surface area contributed by atoms with Gasteiger partial charge < -0.3 is 0 Å². The van der Waals surface area contributed by atoms with Gasteiger partial charge in [0.2, 0.25) is 0 Å². The van der Waals surface area contributed by atoms with Gasteiger partial charge in [-0.3, -0.25) is 4.98 Å². The monoisotopic (exact) mass is 511 g/mol. The standard InChI is InChI=1S/C39H29N/c1-24-33-18-16-30(32-17-15-27-12-11-26-7-4-3-5-8-35(26)38(27)25(32)2)22-37(33)39-34(24)9-6-10-36(39)29-13-14-31-23-40-20-19-28(31)21-29/h3-7,9-24,38H,2,8H2,1H3. The lowest BCUT2D eigenvalue weighted by Crippen LogP contribution is -2.17. The van der Waals surface area contributed by atoms with E-state index in [0.717, 1.165) is 6.42 Å². The predicted octanol–water partition coefficient (Wildman–Crippen LogP) is 9.91. The van der Waals surface area contributed by atoms with E-state index in [-0.39, 0.29) is 5.92 Å². The first-order valence-corrected chi connectivity index (χ1v) is 14.1. The smallest absolute Gasteiger partial charge is 0.0346 e. The molecule has 0 amide bonds. The number of rotatable bonds is 2. The van der Waals surface area contributed by atoms with Crippen LogP contribution in [0.5, 0.6) is 0 Å². The van der Waals surface area contributed by atoms with Gasteiger partial charge in [0.15, 0.2) is 0 Å². The molecule has 1 nitrogen and oxygen atoms in total. The maximum atomic E-state index is 4.69. The zero-order chi connectivity index (χ0) is 26.8. The van der Waals surface area contributed by atoms with Crippen molar-refractivity contribution in [3.8, 4) is 22.3 Å². The maximum Gasteiger partial charge on any atom is 0.0346 e. The Labute approximate surface area is 235 Å². The minimum atomic E-state index is 0.231. The van der Waals surface area contributed by atoms with Crippen LogP contribution in [0.25, 0.3) is 38.6 Å². The van der Waals surface area contributed by atoms with Crippen LogP contribution in [0.4, 0.5) is 0 Å². The molecule has 0 fully saturated rings. The number of nitrogens with zero attached hydrogens (tertiary/aromatic N) is 1. The summed E-state index contributed by atoms with van der Waals surface area (Å²) < 4.78 is 0. The third-order valence-corrected chi connectivity index (χ3v) is 9.12. The summed E-state index contributed by atoms with van der Waals surface area (Å²) in [5.41, 5.74) is 15.8. The van der Waals surface area contributed by atoms with Gasteiger partial charge in [0.05, 0.1) is 0 Å². The van der Waals surface area contributed by atoms with Gasteiger partial charge >= 0.3 is 0 Å². The molecule has 8 rings (SSSR count). The van der Waals surface area contributed by atoms with E-state index < -0.39 is 0 Å². The molecule has 3 aromatic carbocycles. The summed E-state index contributed by atoms with van der Waals surface area (Å²) in [6, 6.07) is 22.7. The first-order chi connectivity index (χ1) is 19.7. The SMILES string of the molecule is C=C1C(c2ccc3c(c2)-c2c(-c4ccc5cnccc5c4)cccc2C3C)=CC=C2C=CC3=C(CC=CC=C3)C12. The fourth-order valence-electron chi connectivity index (χ4n) is 7.08. The molecular formula is C39H29N. The van der Waals surface area contributed by atoms with Crippen LogP contribution < -0.4 is 0 Å². The summed E-state index contributed by atoms with van der Waals surface area (Å²) in [7, 11) is 0. The highest BCUT2D eigenvalue weighted by molar-refractivity contribution is 5.96. The van der Waals surface area contributed by atoms with Gasteiger partial charge in [0.1, 0.15) is 0 Å². The molecular weight excluding hydrogens is 482 g/mol. The molecule has 0 aliphatic heterocycles. The van der Waals surface area contributed by atoms with Crippen molar-refractivity contribution in [1.29, 1.82) is 0 Å². The van der Waals surface area contributed by atoms with Crippen LogP contribution in [-0.2, 0) is 0 Å². The lowest BCUT2D eigenvalue weighted by molar-refractivity contribution is 0.831. The van der Waals surface area contributed by atoms with Gasteiger partial charge in [-0.25, -0.2) is 0 Å². The highest BCUT2D eigenvalue weighted by atomic mass is 14.6. The zero-order valence-electron chi connectivity index (χ0n) is 22.6. The second-order valence-electron chi connectivity index (χ2n) is 11.2. The van der Waals surface area contributed by atoms with Crippen LogP contribution in [0.3, 0.4) is 0 Å². The Bertz CT molecular complexity index is 1950. The van der Waals surface area contributed by atoms with Crippen molar-refractivity contribution in [2.45, 2.75) is 19.3 Å². The molecule has 1 aromatic heterocycles. The predicted molar refractivity (Wildman–Crippen MR) is 168 cm³/mol. The van der Waals surface area contributed by atoms with E-state index in [1.807, 2.05) is 12.4 Å². The van der Waals surface area contributed by atoms with Gasteiger partial charge in [-0.05, 0) is 96.8 Å². The van der Waals surface area contributed by atoms with Gasteiger partial charge in [-0.15, -0.1) is 0 Å². The third-order valence-electron chi connectivity index (χ3n) is 9.12. The first kappa shape index (κ1) is 23.2. The molecule has 2 unspecified atom stereocenters. The molecule has 0 saturated carbocycles. The molecule has 190 valence electrons. The van der Waals surface area contributed by atoms with Gasteiger partial charge in [-0.2, -0.15) is 0 Å². The molecule has 4 aliphatic rings. The highest BCUT2D eigenvalue weighted by Crippen LogP contribution is 2.51. The van der Waals surface area contributed by atoms with E-state index in [1.54, 1.807) is 0 Å². The van der Waals surface area contributed by atoms with Crippen molar-refractivity contribution in [2.75, 3.05) is 0 Å². The lowest BCUT2D eigenvalue weighted by atomic mass is 9.72. The van der Waals surface area contributed by atoms with Crippen LogP contribution >= 0.6 is 0 Å². The molecule has 1 heterocycles. The minimum Gasteiger partial charge on any atom is -0.264 e. The van der Waals surface area contributed by atoms with E-state index in [1.165, 1.54) is 77.6 Å². The lowest BCUT2D eigenvalue weighted by Gasteiger charge is -2.32. The summed E-state index contributed by atoms with van der Waals surface area (Å²) >= 11 is 0. The number of aromatic nitrogens is 1. The Morgan fingerprint density at radius 1 is 0.800 bits per heavy atom. The van der Waals surface area contributed by atoms with Crippen LogP contribution in [0.2, 0.25) is 0 Å². The summed E-state index contributed by atoms with van der Waals surface area (Å²) in [6.07, 6.45) is 22.7. The Hall–Kier alpha value is -4.75. The Kier molecular flexibility index (Phi) is 5.15. The number of allylic oxidation sites excluding steroid dienone is 13. The molecule has 0 bridgehead atoms. The second-order valence-corrected chi connectivity index (χ2v) is 11.2. The summed E-state index contributed by atoms with van der Waals surface area (Å²) in [5, 5.41) is 2.38. The molecule has 0 spiro atoms. The molecule has 0 saturated heterocycles. The van der Waals surface area contributed by atoms with Gasteiger partial charge in [-0.1, -0.05) is 105 Å². The highest BCUT2D eigenvalue weighted by Gasteiger charge is 2.32. The first-order valence-electron chi connectivity index (χ1n) is 14.1. The zero-order valence-corrected chi connectivity index (χ0v) is 22.6. The normalized spacial score (nSPS) is 20.5. The van der Waals surface area contributed by atoms with Gasteiger partial charge in [0.25, 0.3) is 0 Å². The number of hydrogen-bond acceptors (Lipinski definition) is 1. The van der Waals surface area contributed by atoms with E-state index in [4.69, 9.17) is 6.58 Å². The van der Waals surface area contributed by atoms with Crippen molar-refractivity contribution < 1.29 is 0 Å². The maximum absolute atomic E-state index is 4.69. The Morgan fingerprint density at radius 2 is 1.73 bits per heavy atom. The quantitative estimate of drug-likeness (QED) is 0.261. The Balaban J connectivity index is 1.25. The Morgan fingerprint density at radius 3 is 2.67 bits per heavy atom. The summed E-state index contributed by atoms with van der Waals surface area (Å²) in [6.45, 7) is 7.03. The van der Waals surface area contributed by atoms with Crippen molar-refractivity contribution in [3.05, 3.63) is 167 Å². The summed E-state index contributed by atoms with van der Waals surface area (Å²) in [4.78, 5) is 4.30. The fourth-order valence-corrected chi connectivity index (χ4v) is 7.08. The molecule has 0 radical (unpaired) electrons. The van der Waals surface area contributed by atoms with Crippen molar-refractivity contribution in [3.63, 3.8) is 0 Å². The minimum absolute atomic E-state index is 0.231. The molecule has 40 heavy (non-hydrogen) atoms. The molecule has 4 aromatic rings. The average molecular weight is 512 g/mol. The third kappa shape index (κ3) is 3.44. The van der Waals surface area contributed by atoms with Crippen LogP contribution in [0, 0.1) is 5.92 Å². The molecule has 2 atom stereocenters.